The van der Waals surface area contributed by atoms with Crippen molar-refractivity contribution in [3.8, 4) is 0 Å². The highest BCUT2D eigenvalue weighted by atomic mass is 32.2. The summed E-state index contributed by atoms with van der Waals surface area (Å²) in [5.41, 5.74) is 4.35. The first-order chi connectivity index (χ1) is 13.3. The van der Waals surface area contributed by atoms with Crippen molar-refractivity contribution in [2.24, 2.45) is 19.2 Å². The van der Waals surface area contributed by atoms with E-state index in [4.69, 9.17) is 0 Å². The molecular weight excluding hydrogens is 378 g/mol. The molecule has 1 N–H and O–H groups in total. The minimum Gasteiger partial charge on any atom is -0.272 e. The molecule has 0 aliphatic carbocycles. The Morgan fingerprint density at radius 1 is 1.21 bits per heavy atom. The summed E-state index contributed by atoms with van der Waals surface area (Å²) in [7, 11) is 2.82. The van der Waals surface area contributed by atoms with Gasteiger partial charge in [0.2, 0.25) is 5.91 Å². The van der Waals surface area contributed by atoms with Crippen LogP contribution < -0.4 is 16.7 Å². The van der Waals surface area contributed by atoms with Gasteiger partial charge in [-0.05, 0) is 30.9 Å². The molecule has 2 rings (SSSR count). The second-order valence-corrected chi connectivity index (χ2v) is 7.36. The molecule has 1 amide bonds. The summed E-state index contributed by atoms with van der Waals surface area (Å²) in [6.07, 6.45) is 3.38. The number of aryl methyl sites for hydroxylation is 2. The molecule has 0 saturated heterocycles. The number of nitrogens with zero attached hydrogens (tertiary/aromatic N) is 4. The molecule has 28 heavy (non-hydrogen) atoms. The Balaban J connectivity index is 1.94. The lowest BCUT2D eigenvalue weighted by Gasteiger charge is -2.06. The molecule has 0 saturated carbocycles. The third kappa shape index (κ3) is 5.66. The Bertz CT molecular complexity index is 977. The molecule has 150 valence electrons. The van der Waals surface area contributed by atoms with Crippen LogP contribution in [-0.4, -0.2) is 31.7 Å². The minimum absolute atomic E-state index is 0.0345. The normalized spacial score (nSPS) is 11.5. The second-order valence-electron chi connectivity index (χ2n) is 6.40. The number of nitrogens with one attached hydrogen (secondary N) is 1. The van der Waals surface area contributed by atoms with Gasteiger partial charge >= 0.3 is 5.69 Å². The van der Waals surface area contributed by atoms with Gasteiger partial charge in [-0.2, -0.15) is 10.2 Å². The van der Waals surface area contributed by atoms with E-state index in [2.05, 4.69) is 34.7 Å². The third-order valence-electron chi connectivity index (χ3n) is 4.17. The topological polar surface area (TPSA) is 98.3 Å². The largest absolute Gasteiger partial charge is 0.346 e. The van der Waals surface area contributed by atoms with Crippen molar-refractivity contribution in [1.82, 2.24) is 19.8 Å². The van der Waals surface area contributed by atoms with Crippen LogP contribution in [0.5, 0.6) is 0 Å². The van der Waals surface area contributed by atoms with E-state index >= 15 is 0 Å². The number of hydrogen-bond donors (Lipinski definition) is 1. The molecule has 1 aromatic carbocycles. The number of unbranched alkanes of at least 4 members (excludes halogenated alkanes) is 1. The monoisotopic (exact) mass is 403 g/mol. The Labute approximate surface area is 167 Å². The van der Waals surface area contributed by atoms with Crippen LogP contribution in [-0.2, 0) is 25.3 Å². The van der Waals surface area contributed by atoms with Crippen LogP contribution in [0.4, 0.5) is 0 Å². The van der Waals surface area contributed by atoms with Crippen LogP contribution in [0.2, 0.25) is 0 Å². The molecule has 0 unspecified atom stereocenters. The Kier molecular flexibility index (Phi) is 7.74. The molecule has 9 heteroatoms. The summed E-state index contributed by atoms with van der Waals surface area (Å²) in [5.74, 6) is -0.394. The maximum Gasteiger partial charge on any atom is 0.346 e. The number of rotatable bonds is 8. The number of carbonyl (C=O) groups is 1. The van der Waals surface area contributed by atoms with Gasteiger partial charge < -0.3 is 0 Å². The van der Waals surface area contributed by atoms with Crippen LogP contribution in [0.3, 0.4) is 0 Å². The van der Waals surface area contributed by atoms with Crippen molar-refractivity contribution in [2.45, 2.75) is 38.1 Å². The van der Waals surface area contributed by atoms with E-state index < -0.39 is 11.2 Å². The number of thioether (sulfide) groups is 1. The van der Waals surface area contributed by atoms with Crippen LogP contribution in [0.1, 0.15) is 37.8 Å². The number of benzene rings is 1. The van der Waals surface area contributed by atoms with Gasteiger partial charge in [0.1, 0.15) is 0 Å². The molecule has 1 heterocycles. The van der Waals surface area contributed by atoms with Gasteiger partial charge in [-0.25, -0.2) is 14.9 Å². The maximum absolute atomic E-state index is 12.0. The zero-order valence-corrected chi connectivity index (χ0v) is 17.4. The van der Waals surface area contributed by atoms with Crippen LogP contribution >= 0.6 is 11.8 Å². The summed E-state index contributed by atoms with van der Waals surface area (Å²) in [6, 6.07) is 8.12. The summed E-state index contributed by atoms with van der Waals surface area (Å²) in [5, 5.41) is 8.10. The minimum atomic E-state index is -0.524. The van der Waals surface area contributed by atoms with Gasteiger partial charge in [0.15, 0.2) is 5.03 Å². The number of aromatic nitrogens is 3. The molecule has 0 aliphatic rings. The molecule has 0 radical (unpaired) electrons. The van der Waals surface area contributed by atoms with Crippen LogP contribution in [0, 0.1) is 0 Å². The first-order valence-electron chi connectivity index (χ1n) is 9.03. The standard InChI is InChI=1S/C19H25N5O3S/c1-5-6-7-14-8-10-15(11-9-14)13(2)20-21-16(25)12-28-17-18(26)23(3)19(27)24(4)22-17/h8-11H,5-7,12H2,1-4H3,(H,21,25)/b20-13-. The highest BCUT2D eigenvalue weighted by Gasteiger charge is 2.11. The summed E-state index contributed by atoms with van der Waals surface area (Å²) in [6.45, 7) is 3.98. The van der Waals surface area contributed by atoms with E-state index in [1.54, 1.807) is 0 Å². The fourth-order valence-electron chi connectivity index (χ4n) is 2.43. The summed E-state index contributed by atoms with van der Waals surface area (Å²) >= 11 is 0.964. The van der Waals surface area contributed by atoms with E-state index in [9.17, 15) is 14.4 Å². The SMILES string of the molecule is CCCCc1ccc(/C(C)=N\NC(=O)CSc2nn(C)c(=O)n(C)c2=O)cc1. The van der Waals surface area contributed by atoms with Crippen molar-refractivity contribution < 1.29 is 4.79 Å². The van der Waals surface area contributed by atoms with Crippen molar-refractivity contribution in [2.75, 3.05) is 5.75 Å². The number of hydrogen-bond acceptors (Lipinski definition) is 6. The molecule has 1 aromatic heterocycles. The number of hydrazone groups is 1. The quantitative estimate of drug-likeness (QED) is 0.409. The molecule has 8 nitrogen and oxygen atoms in total. The summed E-state index contributed by atoms with van der Waals surface area (Å²) in [4.78, 5) is 35.7. The maximum atomic E-state index is 12.0. The highest BCUT2D eigenvalue weighted by molar-refractivity contribution is 7.99. The van der Waals surface area contributed by atoms with Crippen LogP contribution in [0.15, 0.2) is 44.0 Å². The molecule has 0 spiro atoms. The molecule has 0 fully saturated rings. The fraction of sp³-hybridized carbons (Fsp3) is 0.421. The smallest absolute Gasteiger partial charge is 0.272 e. The van der Waals surface area contributed by atoms with Crippen LogP contribution in [0.25, 0.3) is 0 Å². The average molecular weight is 404 g/mol. The lowest BCUT2D eigenvalue weighted by molar-refractivity contribution is -0.118. The zero-order chi connectivity index (χ0) is 20.7. The molecule has 0 atom stereocenters. The zero-order valence-electron chi connectivity index (χ0n) is 16.6. The molecular formula is C19H25N5O3S. The predicted octanol–water partition coefficient (Wildman–Crippen LogP) is 1.45. The molecule has 0 aliphatic heterocycles. The van der Waals surface area contributed by atoms with E-state index in [0.717, 1.165) is 45.8 Å². The van der Waals surface area contributed by atoms with Crippen molar-refractivity contribution >= 4 is 23.4 Å². The molecule has 0 bridgehead atoms. The summed E-state index contributed by atoms with van der Waals surface area (Å²) < 4.78 is 2.02. The Hall–Kier alpha value is -2.68. The van der Waals surface area contributed by atoms with E-state index in [-0.39, 0.29) is 16.7 Å². The first-order valence-corrected chi connectivity index (χ1v) is 10.0. The van der Waals surface area contributed by atoms with Gasteiger partial charge in [-0.3, -0.25) is 14.2 Å². The first kappa shape index (κ1) is 21.6. The van der Waals surface area contributed by atoms with Gasteiger partial charge in [0.25, 0.3) is 5.56 Å². The van der Waals surface area contributed by atoms with Crippen molar-refractivity contribution in [1.29, 1.82) is 0 Å². The number of carbonyl (C=O) groups excluding carboxylic acids is 1. The van der Waals surface area contributed by atoms with E-state index in [1.165, 1.54) is 19.7 Å². The van der Waals surface area contributed by atoms with Gasteiger partial charge in [0.05, 0.1) is 11.5 Å². The second kappa shape index (κ2) is 10.0. The average Bonchev–Trinajstić information content (AvgIpc) is 2.70. The van der Waals surface area contributed by atoms with Crippen molar-refractivity contribution in [3.05, 3.63) is 56.2 Å². The fourth-order valence-corrected chi connectivity index (χ4v) is 3.20. The van der Waals surface area contributed by atoms with Gasteiger partial charge in [-0.15, -0.1) is 0 Å². The Morgan fingerprint density at radius 3 is 2.54 bits per heavy atom. The Morgan fingerprint density at radius 2 is 1.89 bits per heavy atom. The van der Waals surface area contributed by atoms with E-state index in [1.807, 2.05) is 19.1 Å². The predicted molar refractivity (Wildman–Crippen MR) is 111 cm³/mol. The van der Waals surface area contributed by atoms with Gasteiger partial charge in [-0.1, -0.05) is 49.4 Å². The lowest BCUT2D eigenvalue weighted by atomic mass is 10.0. The van der Waals surface area contributed by atoms with Crippen molar-refractivity contribution in [3.63, 3.8) is 0 Å². The third-order valence-corrected chi connectivity index (χ3v) is 5.11. The number of amides is 1. The lowest BCUT2D eigenvalue weighted by Crippen LogP contribution is -2.39. The van der Waals surface area contributed by atoms with Gasteiger partial charge in [0, 0.05) is 14.1 Å². The van der Waals surface area contributed by atoms with E-state index in [0.29, 0.717) is 5.71 Å². The highest BCUT2D eigenvalue weighted by Crippen LogP contribution is 2.10. The molecule has 2 aromatic rings.